The Morgan fingerprint density at radius 3 is 2.35 bits per heavy atom. The standard InChI is InChI=1S/C30H35N5O9S2/c1-30(2,3)34-46(40,41)26-14-20(33-29(37)43-22-11-9-21(10-12-22)35(38)39)8-13-24(26)25-15-31-27(45-25)18-4-6-19(7-5-18)32-28(36)44-23-16-42-17-23/h8-15,18-19,23,34H,4-7,16-17H2,1-3H3,(H,32,36)(H,33,37). The number of nitrogens with one attached hydrogen (secondary N) is 3. The van der Waals surface area contributed by atoms with E-state index >= 15 is 0 Å². The maximum absolute atomic E-state index is 13.6. The van der Waals surface area contributed by atoms with Crippen LogP contribution in [-0.4, -0.2) is 61.4 Å². The molecule has 1 saturated heterocycles. The van der Waals surface area contributed by atoms with Crippen LogP contribution in [0.4, 0.5) is 21.0 Å². The second-order valence-electron chi connectivity index (χ2n) is 12.2. The summed E-state index contributed by atoms with van der Waals surface area (Å²) in [6, 6.07) is 9.51. The lowest BCUT2D eigenvalue weighted by atomic mass is 9.86. The molecule has 3 aromatic rings. The Kier molecular flexibility index (Phi) is 9.91. The van der Waals surface area contributed by atoms with Crippen LogP contribution in [0.15, 0.2) is 53.6 Å². The van der Waals surface area contributed by atoms with E-state index in [1.54, 1.807) is 39.1 Å². The van der Waals surface area contributed by atoms with Gasteiger partial charge in [-0.3, -0.25) is 15.4 Å². The average Bonchev–Trinajstić information content (AvgIpc) is 3.45. The van der Waals surface area contributed by atoms with Crippen LogP contribution in [0, 0.1) is 10.1 Å². The highest BCUT2D eigenvalue weighted by Gasteiger charge is 2.30. The fraction of sp³-hybridized carbons (Fsp3) is 0.433. The molecule has 2 heterocycles. The average molecular weight is 674 g/mol. The lowest BCUT2D eigenvalue weighted by molar-refractivity contribution is -0.384. The summed E-state index contributed by atoms with van der Waals surface area (Å²) < 4.78 is 45.4. The number of amides is 2. The molecule has 0 unspecified atom stereocenters. The van der Waals surface area contributed by atoms with Crippen molar-refractivity contribution in [2.24, 2.45) is 0 Å². The highest BCUT2D eigenvalue weighted by molar-refractivity contribution is 7.89. The van der Waals surface area contributed by atoms with Crippen molar-refractivity contribution < 1.29 is 37.1 Å². The van der Waals surface area contributed by atoms with Crippen molar-refractivity contribution >= 4 is 44.9 Å². The maximum atomic E-state index is 13.6. The Bertz CT molecular complexity index is 1690. The van der Waals surface area contributed by atoms with Gasteiger partial charge in [0.05, 0.1) is 32.9 Å². The van der Waals surface area contributed by atoms with Crippen molar-refractivity contribution in [2.45, 2.75) is 75.0 Å². The van der Waals surface area contributed by atoms with Gasteiger partial charge < -0.3 is 19.5 Å². The van der Waals surface area contributed by atoms with Gasteiger partial charge in [-0.05, 0) is 70.7 Å². The molecule has 1 saturated carbocycles. The van der Waals surface area contributed by atoms with Gasteiger partial charge in [-0.1, -0.05) is 6.07 Å². The second-order valence-corrected chi connectivity index (χ2v) is 14.9. The Labute approximate surface area is 270 Å². The Morgan fingerprint density at radius 2 is 1.74 bits per heavy atom. The van der Waals surface area contributed by atoms with Gasteiger partial charge in [0, 0.05) is 47.1 Å². The normalized spacial score (nSPS) is 18.7. The number of hydrogen-bond acceptors (Lipinski definition) is 11. The second kappa shape index (κ2) is 13.7. The number of rotatable bonds is 9. The van der Waals surface area contributed by atoms with Gasteiger partial charge in [0.15, 0.2) is 6.10 Å². The minimum absolute atomic E-state index is 0.0107. The molecule has 1 aliphatic heterocycles. The van der Waals surface area contributed by atoms with Gasteiger partial charge in [-0.25, -0.2) is 27.7 Å². The van der Waals surface area contributed by atoms with Crippen LogP contribution >= 0.6 is 11.3 Å². The first-order valence-corrected chi connectivity index (χ1v) is 17.0. The maximum Gasteiger partial charge on any atom is 0.417 e. The van der Waals surface area contributed by atoms with Gasteiger partial charge in [-0.2, -0.15) is 0 Å². The summed E-state index contributed by atoms with van der Waals surface area (Å²) in [4.78, 5) is 40.3. The van der Waals surface area contributed by atoms with Crippen LogP contribution < -0.4 is 20.1 Å². The number of hydrogen-bond donors (Lipinski definition) is 3. The van der Waals surface area contributed by atoms with E-state index in [-0.39, 0.29) is 40.1 Å². The fourth-order valence-corrected chi connectivity index (χ4v) is 7.95. The summed E-state index contributed by atoms with van der Waals surface area (Å²) in [7, 11) is -4.05. The SMILES string of the molecule is CC(C)(C)NS(=O)(=O)c1cc(NC(=O)Oc2ccc([N+](=O)[O-])cc2)ccc1-c1cnc(C2CCC(NC(=O)OC3COC3)CC2)s1. The van der Waals surface area contributed by atoms with Crippen LogP contribution in [0.25, 0.3) is 10.4 Å². The zero-order chi connectivity index (χ0) is 33.1. The summed E-state index contributed by atoms with van der Waals surface area (Å²) in [6.07, 6.45) is 3.29. The third kappa shape index (κ3) is 8.57. The highest BCUT2D eigenvalue weighted by Crippen LogP contribution is 2.40. The van der Waals surface area contributed by atoms with E-state index in [1.807, 2.05) is 0 Å². The molecule has 0 atom stereocenters. The first-order valence-electron chi connectivity index (χ1n) is 14.7. The number of nitro groups is 1. The Hall–Kier alpha value is -4.12. The summed E-state index contributed by atoms with van der Waals surface area (Å²) in [6.45, 7) is 6.04. The van der Waals surface area contributed by atoms with Crippen LogP contribution in [0.1, 0.15) is 57.4 Å². The van der Waals surface area contributed by atoms with Crippen molar-refractivity contribution in [3.8, 4) is 16.2 Å². The van der Waals surface area contributed by atoms with Crippen molar-refractivity contribution in [1.29, 1.82) is 0 Å². The van der Waals surface area contributed by atoms with Gasteiger partial charge in [0.2, 0.25) is 10.0 Å². The molecule has 16 heteroatoms. The van der Waals surface area contributed by atoms with Crippen molar-refractivity contribution in [3.05, 3.63) is 63.8 Å². The van der Waals surface area contributed by atoms with Gasteiger partial charge in [0.1, 0.15) is 5.75 Å². The molecule has 0 bridgehead atoms. The van der Waals surface area contributed by atoms with E-state index in [9.17, 15) is 28.1 Å². The molecular formula is C30H35N5O9S2. The predicted molar refractivity (Wildman–Crippen MR) is 170 cm³/mol. The number of ether oxygens (including phenoxy) is 3. The highest BCUT2D eigenvalue weighted by atomic mass is 32.2. The first kappa shape index (κ1) is 33.2. The molecule has 2 fully saturated rings. The minimum Gasteiger partial charge on any atom is -0.441 e. The zero-order valence-corrected chi connectivity index (χ0v) is 27.1. The zero-order valence-electron chi connectivity index (χ0n) is 25.5. The molecule has 46 heavy (non-hydrogen) atoms. The van der Waals surface area contributed by atoms with E-state index in [0.717, 1.165) is 30.7 Å². The largest absolute Gasteiger partial charge is 0.441 e. The number of benzene rings is 2. The number of thiazole rings is 1. The van der Waals surface area contributed by atoms with Gasteiger partial charge in [0.25, 0.3) is 5.69 Å². The van der Waals surface area contributed by atoms with Crippen LogP contribution in [0.5, 0.6) is 5.75 Å². The molecule has 2 aromatic carbocycles. The molecule has 1 aliphatic carbocycles. The third-order valence-corrected chi connectivity index (χ3v) is 10.3. The monoisotopic (exact) mass is 673 g/mol. The number of nitrogens with zero attached hydrogens (tertiary/aromatic N) is 2. The lowest BCUT2D eigenvalue weighted by Gasteiger charge is -2.30. The molecule has 1 aromatic heterocycles. The summed E-state index contributed by atoms with van der Waals surface area (Å²) in [5.41, 5.74) is -0.340. The third-order valence-electron chi connectivity index (χ3n) is 7.28. The predicted octanol–water partition coefficient (Wildman–Crippen LogP) is 5.56. The van der Waals surface area contributed by atoms with Gasteiger partial charge in [-0.15, -0.1) is 11.3 Å². The number of carbonyl (C=O) groups is 2. The molecule has 3 N–H and O–H groups in total. The number of aromatic nitrogens is 1. The lowest BCUT2D eigenvalue weighted by Crippen LogP contribution is -2.44. The number of sulfonamides is 1. The summed E-state index contributed by atoms with van der Waals surface area (Å²) in [5, 5.41) is 17.2. The molecule has 0 spiro atoms. The molecular weight excluding hydrogens is 638 g/mol. The van der Waals surface area contributed by atoms with Crippen molar-refractivity contribution in [1.82, 2.24) is 15.0 Å². The minimum atomic E-state index is -4.05. The number of non-ortho nitro benzene ring substituents is 1. The summed E-state index contributed by atoms with van der Waals surface area (Å²) >= 11 is 1.41. The van der Waals surface area contributed by atoms with E-state index in [0.29, 0.717) is 23.7 Å². The van der Waals surface area contributed by atoms with Crippen LogP contribution in [0.2, 0.25) is 0 Å². The van der Waals surface area contributed by atoms with E-state index in [1.165, 1.54) is 41.7 Å². The van der Waals surface area contributed by atoms with Crippen molar-refractivity contribution in [2.75, 3.05) is 18.5 Å². The smallest absolute Gasteiger partial charge is 0.417 e. The molecule has 14 nitrogen and oxygen atoms in total. The Morgan fingerprint density at radius 1 is 1.04 bits per heavy atom. The molecule has 2 amide bonds. The fourth-order valence-electron chi connectivity index (χ4n) is 5.09. The number of alkyl carbamates (subject to hydrolysis) is 1. The Balaban J connectivity index is 1.30. The quantitative estimate of drug-likeness (QED) is 0.192. The topological polar surface area (TPSA) is 188 Å². The number of carbonyl (C=O) groups excluding carboxylic acids is 2. The van der Waals surface area contributed by atoms with Crippen molar-refractivity contribution in [3.63, 3.8) is 0 Å². The first-order chi connectivity index (χ1) is 21.8. The van der Waals surface area contributed by atoms with Gasteiger partial charge >= 0.3 is 12.2 Å². The number of nitro benzene ring substituents is 1. The summed E-state index contributed by atoms with van der Waals surface area (Å²) in [5.74, 6) is 0.239. The van der Waals surface area contributed by atoms with E-state index in [2.05, 4.69) is 20.3 Å². The van der Waals surface area contributed by atoms with Crippen LogP contribution in [0.3, 0.4) is 0 Å². The molecule has 2 aliphatic rings. The number of anilines is 1. The van der Waals surface area contributed by atoms with E-state index < -0.39 is 32.7 Å². The molecule has 246 valence electrons. The van der Waals surface area contributed by atoms with E-state index in [4.69, 9.17) is 14.2 Å². The molecule has 0 radical (unpaired) electrons. The van der Waals surface area contributed by atoms with Crippen LogP contribution in [-0.2, 0) is 19.5 Å². The molecule has 5 rings (SSSR count).